The number of nitro benzene ring substituents is 2. The number of carbonyl (C=O) groups excluding carboxylic acids is 2. The van der Waals surface area contributed by atoms with Crippen LogP contribution in [0.5, 0.6) is 11.5 Å². The third kappa shape index (κ3) is 7.04. The zero-order valence-electron chi connectivity index (χ0n) is 17.5. The maximum Gasteiger partial charge on any atom is 0.519 e. The molecule has 2 aromatic rings. The van der Waals surface area contributed by atoms with Gasteiger partial charge in [-0.2, -0.15) is 0 Å². The lowest BCUT2D eigenvalue weighted by molar-refractivity contribution is -0.385. The SMILES string of the molecule is CCCCCC(=O)OC(C)c1cc([N+](=O)[O-])ccc1OC(=O)Oc1ccc([N+](=O)[O-])cc1. The summed E-state index contributed by atoms with van der Waals surface area (Å²) in [5.41, 5.74) is -0.341. The number of nitrogens with zero attached hydrogens (tertiary/aromatic N) is 2. The molecule has 0 spiro atoms. The molecular weight excluding hydrogens is 424 g/mol. The molecule has 0 aromatic heterocycles. The number of unbranched alkanes of at least 4 members (excludes halogenated alkanes) is 2. The van der Waals surface area contributed by atoms with Gasteiger partial charge in [0.1, 0.15) is 17.6 Å². The number of ether oxygens (including phenoxy) is 3. The van der Waals surface area contributed by atoms with Crippen molar-refractivity contribution in [3.05, 3.63) is 68.3 Å². The summed E-state index contributed by atoms with van der Waals surface area (Å²) in [4.78, 5) is 44.8. The summed E-state index contributed by atoms with van der Waals surface area (Å²) in [6, 6.07) is 8.23. The van der Waals surface area contributed by atoms with Gasteiger partial charge < -0.3 is 14.2 Å². The van der Waals surface area contributed by atoms with Gasteiger partial charge in [-0.25, -0.2) is 4.79 Å². The summed E-state index contributed by atoms with van der Waals surface area (Å²) in [6.07, 6.45) is 0.556. The molecule has 0 N–H and O–H groups in total. The molecule has 0 saturated carbocycles. The van der Waals surface area contributed by atoms with Crippen LogP contribution in [-0.4, -0.2) is 22.0 Å². The van der Waals surface area contributed by atoms with Crippen molar-refractivity contribution in [2.45, 2.75) is 45.6 Å². The first-order chi connectivity index (χ1) is 15.2. The average molecular weight is 446 g/mol. The highest BCUT2D eigenvalue weighted by molar-refractivity contribution is 5.70. The molecule has 0 saturated heterocycles. The molecule has 1 atom stereocenters. The second-order valence-corrected chi connectivity index (χ2v) is 6.77. The molecule has 11 heteroatoms. The Balaban J connectivity index is 2.15. The molecule has 170 valence electrons. The zero-order valence-corrected chi connectivity index (χ0v) is 17.5. The molecule has 2 rings (SSSR count). The van der Waals surface area contributed by atoms with E-state index in [0.29, 0.717) is 6.42 Å². The predicted octanol–water partition coefficient (Wildman–Crippen LogP) is 5.27. The van der Waals surface area contributed by atoms with Crippen LogP contribution in [0, 0.1) is 20.2 Å². The van der Waals surface area contributed by atoms with Crippen molar-refractivity contribution in [2.24, 2.45) is 0 Å². The molecule has 0 heterocycles. The van der Waals surface area contributed by atoms with E-state index < -0.39 is 28.1 Å². The molecule has 0 aliphatic heterocycles. The van der Waals surface area contributed by atoms with E-state index in [1.807, 2.05) is 6.92 Å². The number of hydrogen-bond acceptors (Lipinski definition) is 9. The van der Waals surface area contributed by atoms with Crippen LogP contribution in [0.4, 0.5) is 16.2 Å². The van der Waals surface area contributed by atoms with Crippen LogP contribution in [0.2, 0.25) is 0 Å². The molecule has 1 unspecified atom stereocenters. The fourth-order valence-electron chi connectivity index (χ4n) is 2.74. The summed E-state index contributed by atoms with van der Waals surface area (Å²) in [5.74, 6) is -0.562. The maximum absolute atomic E-state index is 12.2. The van der Waals surface area contributed by atoms with Gasteiger partial charge in [0, 0.05) is 36.2 Å². The predicted molar refractivity (Wildman–Crippen MR) is 111 cm³/mol. The Morgan fingerprint density at radius 2 is 1.56 bits per heavy atom. The second kappa shape index (κ2) is 11.4. The Bertz CT molecular complexity index is 989. The first kappa shape index (κ1) is 24.3. The molecule has 0 bridgehead atoms. The summed E-state index contributed by atoms with van der Waals surface area (Å²) < 4.78 is 15.5. The lowest BCUT2D eigenvalue weighted by atomic mass is 10.1. The molecular formula is C21H22N2O9. The molecule has 11 nitrogen and oxygen atoms in total. The normalized spacial score (nSPS) is 11.3. The number of hydrogen-bond donors (Lipinski definition) is 0. The van der Waals surface area contributed by atoms with Gasteiger partial charge in [0.05, 0.1) is 9.85 Å². The van der Waals surface area contributed by atoms with E-state index in [9.17, 15) is 29.8 Å². The third-order valence-corrected chi connectivity index (χ3v) is 4.38. The highest BCUT2D eigenvalue weighted by Gasteiger charge is 2.22. The zero-order chi connectivity index (χ0) is 23.7. The molecule has 0 radical (unpaired) electrons. The monoisotopic (exact) mass is 446 g/mol. The van der Waals surface area contributed by atoms with E-state index in [1.54, 1.807) is 0 Å². The molecule has 0 fully saturated rings. The van der Waals surface area contributed by atoms with E-state index in [0.717, 1.165) is 37.1 Å². The fraction of sp³-hybridized carbons (Fsp3) is 0.333. The minimum absolute atomic E-state index is 0.000498. The topological polar surface area (TPSA) is 148 Å². The Labute approximate surface area is 183 Å². The Hall–Kier alpha value is -4.02. The summed E-state index contributed by atoms with van der Waals surface area (Å²) in [7, 11) is 0. The van der Waals surface area contributed by atoms with Gasteiger partial charge >= 0.3 is 12.1 Å². The quantitative estimate of drug-likeness (QED) is 0.156. The maximum atomic E-state index is 12.2. The summed E-state index contributed by atoms with van der Waals surface area (Å²) in [5, 5.41) is 21.8. The number of non-ortho nitro benzene ring substituents is 2. The highest BCUT2D eigenvalue weighted by atomic mass is 16.7. The van der Waals surface area contributed by atoms with Crippen LogP contribution in [0.3, 0.4) is 0 Å². The van der Waals surface area contributed by atoms with Crippen LogP contribution >= 0.6 is 0 Å². The lowest BCUT2D eigenvalue weighted by Gasteiger charge is -2.17. The van der Waals surface area contributed by atoms with Crippen LogP contribution in [0.15, 0.2) is 42.5 Å². The second-order valence-electron chi connectivity index (χ2n) is 6.77. The van der Waals surface area contributed by atoms with E-state index in [4.69, 9.17) is 14.2 Å². The largest absolute Gasteiger partial charge is 0.519 e. The van der Waals surface area contributed by atoms with Crippen LogP contribution in [0.25, 0.3) is 0 Å². The summed E-state index contributed by atoms with van der Waals surface area (Å²) in [6.45, 7) is 3.50. The van der Waals surface area contributed by atoms with E-state index in [1.165, 1.54) is 25.1 Å². The number of benzene rings is 2. The summed E-state index contributed by atoms with van der Waals surface area (Å²) >= 11 is 0. The Morgan fingerprint density at radius 1 is 0.938 bits per heavy atom. The van der Waals surface area contributed by atoms with Gasteiger partial charge in [0.2, 0.25) is 0 Å². The van der Waals surface area contributed by atoms with E-state index in [-0.39, 0.29) is 34.9 Å². The van der Waals surface area contributed by atoms with Gasteiger partial charge in [-0.3, -0.25) is 25.0 Å². The van der Waals surface area contributed by atoms with Crippen LogP contribution in [0.1, 0.15) is 51.2 Å². The van der Waals surface area contributed by atoms with Crippen molar-refractivity contribution in [2.75, 3.05) is 0 Å². The minimum Gasteiger partial charge on any atom is -0.458 e. The molecule has 2 aromatic carbocycles. The molecule has 32 heavy (non-hydrogen) atoms. The van der Waals surface area contributed by atoms with Crippen molar-refractivity contribution in [3.63, 3.8) is 0 Å². The smallest absolute Gasteiger partial charge is 0.458 e. The molecule has 0 aliphatic carbocycles. The van der Waals surface area contributed by atoms with Crippen molar-refractivity contribution in [3.8, 4) is 11.5 Å². The first-order valence-corrected chi connectivity index (χ1v) is 9.83. The number of nitro groups is 2. The first-order valence-electron chi connectivity index (χ1n) is 9.83. The van der Waals surface area contributed by atoms with Crippen LogP contribution < -0.4 is 9.47 Å². The average Bonchev–Trinajstić information content (AvgIpc) is 2.74. The number of esters is 1. The van der Waals surface area contributed by atoms with Gasteiger partial charge in [-0.05, 0) is 31.5 Å². The van der Waals surface area contributed by atoms with Crippen molar-refractivity contribution in [1.29, 1.82) is 0 Å². The van der Waals surface area contributed by atoms with Gasteiger partial charge in [-0.15, -0.1) is 0 Å². The Kier molecular flexibility index (Phi) is 8.63. The fourth-order valence-corrected chi connectivity index (χ4v) is 2.74. The Morgan fingerprint density at radius 3 is 2.16 bits per heavy atom. The minimum atomic E-state index is -1.17. The van der Waals surface area contributed by atoms with Crippen molar-refractivity contribution < 1.29 is 33.6 Å². The molecule has 0 aliphatic rings. The van der Waals surface area contributed by atoms with Gasteiger partial charge in [0.25, 0.3) is 11.4 Å². The van der Waals surface area contributed by atoms with Gasteiger partial charge in [0.15, 0.2) is 0 Å². The van der Waals surface area contributed by atoms with E-state index in [2.05, 4.69) is 0 Å². The van der Waals surface area contributed by atoms with Crippen molar-refractivity contribution in [1.82, 2.24) is 0 Å². The standard InChI is InChI=1S/C21H22N2O9/c1-3-4-5-6-20(24)30-14(2)18-13-16(23(28)29)9-12-19(18)32-21(25)31-17-10-7-15(8-11-17)22(26)27/h7-14H,3-6H2,1-2H3. The van der Waals surface area contributed by atoms with Crippen molar-refractivity contribution >= 4 is 23.5 Å². The van der Waals surface area contributed by atoms with Crippen LogP contribution in [-0.2, 0) is 9.53 Å². The lowest BCUT2D eigenvalue weighted by Crippen LogP contribution is -2.16. The third-order valence-electron chi connectivity index (χ3n) is 4.38. The molecule has 0 amide bonds. The van der Waals surface area contributed by atoms with Gasteiger partial charge in [-0.1, -0.05) is 19.8 Å². The highest BCUT2D eigenvalue weighted by Crippen LogP contribution is 2.32. The number of rotatable bonds is 10. The van der Waals surface area contributed by atoms with E-state index >= 15 is 0 Å². The number of carbonyl (C=O) groups is 2.